The summed E-state index contributed by atoms with van der Waals surface area (Å²) in [5.74, 6) is 6.57. The van der Waals surface area contributed by atoms with Crippen LogP contribution >= 0.6 is 0 Å². The Morgan fingerprint density at radius 1 is 1.08 bits per heavy atom. The zero-order valence-corrected chi connectivity index (χ0v) is 35.9. The number of likely N-dealkylation sites (N-methyl/N-ethyl adjacent to an activating group) is 1. The molecule has 1 aromatic heterocycles. The van der Waals surface area contributed by atoms with E-state index in [1.165, 1.54) is 16.1 Å². The van der Waals surface area contributed by atoms with Gasteiger partial charge in [-0.2, -0.15) is 0 Å². The molecule has 2 aliphatic heterocycles. The van der Waals surface area contributed by atoms with Gasteiger partial charge >= 0.3 is 0 Å². The fourth-order valence-electron chi connectivity index (χ4n) is 7.78. The van der Waals surface area contributed by atoms with Crippen LogP contribution in [0.3, 0.4) is 0 Å². The monoisotopic (exact) mass is 840 g/mol. The Bertz CT molecular complexity index is 2250. The third-order valence-corrected chi connectivity index (χ3v) is 11.0. The number of aryl methyl sites for hydroxylation is 1. The third-order valence-electron chi connectivity index (χ3n) is 11.0. The van der Waals surface area contributed by atoms with Crippen LogP contribution in [0.15, 0.2) is 102 Å². The number of aliphatic hydroxyl groups excluding tert-OH is 1. The molecule has 2 aromatic carbocycles. The van der Waals surface area contributed by atoms with Crippen molar-refractivity contribution >= 4 is 59.3 Å². The van der Waals surface area contributed by atoms with Crippen LogP contribution < -0.4 is 25.0 Å². The number of amidine groups is 1. The van der Waals surface area contributed by atoms with Gasteiger partial charge in [0.15, 0.2) is 11.7 Å². The first kappa shape index (κ1) is 44.9. The number of benzene rings is 2. The first-order valence-electron chi connectivity index (χ1n) is 20.8. The number of hydrogen-bond donors (Lipinski definition) is 2. The molecule has 2 atom stereocenters. The SMILES string of the molecule is C=CCCC(C(=O)NC)N(C=O)c1ccc(C#CCOCCN2CCN(c3ccc(N=C4/C(=C\N=C)C(=O)N(CC=C)N4c4ccc5c(n4)C(O)CC5)cc3)CC2)cc1N(C)C. The predicted octanol–water partition coefficient (Wildman–Crippen LogP) is 4.43. The van der Waals surface area contributed by atoms with Gasteiger partial charge in [-0.1, -0.05) is 30.1 Å². The van der Waals surface area contributed by atoms with Crippen LogP contribution in [0.2, 0.25) is 0 Å². The van der Waals surface area contributed by atoms with Crippen molar-refractivity contribution in [2.45, 2.75) is 37.8 Å². The highest BCUT2D eigenvalue weighted by molar-refractivity contribution is 6.31. The van der Waals surface area contributed by atoms with Crippen molar-refractivity contribution in [2.24, 2.45) is 9.98 Å². The molecule has 0 radical (unpaired) electrons. The molecule has 15 heteroatoms. The lowest BCUT2D eigenvalue weighted by Gasteiger charge is -2.36. The summed E-state index contributed by atoms with van der Waals surface area (Å²) in [5, 5.41) is 16.4. The largest absolute Gasteiger partial charge is 0.387 e. The highest BCUT2D eigenvalue weighted by atomic mass is 16.5. The van der Waals surface area contributed by atoms with E-state index >= 15 is 0 Å². The number of carbonyl (C=O) groups is 3. The van der Waals surface area contributed by atoms with Crippen LogP contribution in [0.25, 0.3) is 0 Å². The number of amides is 3. The maximum Gasteiger partial charge on any atom is 0.278 e. The fraction of sp³-hybridized carbons (Fsp3) is 0.362. The molecule has 3 amide bonds. The Labute approximate surface area is 364 Å². The molecule has 324 valence electrons. The molecular formula is C47H56N10O5. The summed E-state index contributed by atoms with van der Waals surface area (Å²) in [5.41, 5.74) is 5.79. The number of carbonyl (C=O) groups excluding carboxylic acids is 3. The van der Waals surface area contributed by atoms with E-state index < -0.39 is 12.1 Å². The van der Waals surface area contributed by atoms with E-state index in [2.05, 4.69) is 51.8 Å². The average Bonchev–Trinajstić information content (AvgIpc) is 3.78. The van der Waals surface area contributed by atoms with Crippen molar-refractivity contribution in [3.05, 3.63) is 109 Å². The van der Waals surface area contributed by atoms with Gasteiger partial charge in [-0.15, -0.1) is 13.2 Å². The van der Waals surface area contributed by atoms with Crippen LogP contribution in [0.4, 0.5) is 28.6 Å². The first-order valence-corrected chi connectivity index (χ1v) is 20.8. The average molecular weight is 841 g/mol. The van der Waals surface area contributed by atoms with Crippen molar-refractivity contribution in [3.8, 4) is 11.8 Å². The third kappa shape index (κ3) is 10.3. The highest BCUT2D eigenvalue weighted by Gasteiger charge is 2.41. The summed E-state index contributed by atoms with van der Waals surface area (Å²) in [7, 11) is 5.34. The number of hydrazine groups is 1. The summed E-state index contributed by atoms with van der Waals surface area (Å²) in [6.07, 6.45) is 7.25. The molecule has 3 heterocycles. The number of nitrogens with one attached hydrogen (secondary N) is 1. The molecule has 62 heavy (non-hydrogen) atoms. The van der Waals surface area contributed by atoms with E-state index in [1.54, 1.807) is 24.2 Å². The lowest BCUT2D eigenvalue weighted by molar-refractivity contribution is -0.125. The number of ether oxygens (including phenoxy) is 1. The number of allylic oxidation sites excluding steroid dienone is 1. The Morgan fingerprint density at radius 3 is 2.53 bits per heavy atom. The fourth-order valence-corrected chi connectivity index (χ4v) is 7.78. The van der Waals surface area contributed by atoms with E-state index in [9.17, 15) is 19.5 Å². The van der Waals surface area contributed by atoms with Gasteiger partial charge in [0, 0.05) is 71.3 Å². The molecule has 2 fully saturated rings. The second-order valence-electron chi connectivity index (χ2n) is 15.2. The minimum Gasteiger partial charge on any atom is -0.387 e. The molecule has 2 N–H and O–H groups in total. The molecule has 3 aliphatic rings. The topological polar surface area (TPSA) is 150 Å². The molecule has 0 spiro atoms. The van der Waals surface area contributed by atoms with Crippen molar-refractivity contribution in [1.29, 1.82) is 0 Å². The highest BCUT2D eigenvalue weighted by Crippen LogP contribution is 2.35. The maximum absolute atomic E-state index is 13.6. The number of fused-ring (bicyclic) bond motifs is 1. The number of aliphatic imine (C=N–C) groups is 2. The van der Waals surface area contributed by atoms with E-state index in [-0.39, 0.29) is 30.5 Å². The van der Waals surface area contributed by atoms with E-state index in [1.807, 2.05) is 73.6 Å². The second kappa shape index (κ2) is 21.3. The number of anilines is 4. The molecule has 15 nitrogen and oxygen atoms in total. The van der Waals surface area contributed by atoms with Gasteiger partial charge in [0.05, 0.1) is 42.0 Å². The standard InChI is InChI=1S/C47H56N10O5/c1-7-9-12-40(46(60)49-4)55(33-58)39-20-13-34(31-41(39)52(5)6)11-10-29-62-30-28-53-24-26-54(27-25-53)37-18-16-36(17-19-37)50-45-38(32-48-3)47(61)56(23-8-2)57(45)43-22-15-35-14-21-42(59)44(35)51-43/h7-8,13,15-20,22,31-33,40,42,59H,1-3,9,12,14,21,23-30H2,4-6H3,(H,49,60)/b38-32+,50-45?. The summed E-state index contributed by atoms with van der Waals surface area (Å²) in [6.45, 7) is 16.5. The zero-order valence-electron chi connectivity index (χ0n) is 35.9. The number of piperazine rings is 1. The van der Waals surface area contributed by atoms with Crippen molar-refractivity contribution in [2.75, 3.05) is 93.3 Å². The van der Waals surface area contributed by atoms with Gasteiger partial charge < -0.3 is 29.9 Å². The normalized spacial score (nSPS) is 18.0. The van der Waals surface area contributed by atoms with E-state index in [0.717, 1.165) is 61.6 Å². The maximum atomic E-state index is 13.6. The van der Waals surface area contributed by atoms with Gasteiger partial charge in [-0.3, -0.25) is 24.3 Å². The Balaban J connectivity index is 1.03. The Morgan fingerprint density at radius 2 is 1.85 bits per heavy atom. The number of aliphatic hydroxyl groups is 1. The molecule has 0 saturated carbocycles. The number of nitrogens with zero attached hydrogens (tertiary/aromatic N) is 9. The smallest absolute Gasteiger partial charge is 0.278 e. The molecule has 6 rings (SSSR count). The zero-order chi connectivity index (χ0) is 44.2. The summed E-state index contributed by atoms with van der Waals surface area (Å²) in [4.78, 5) is 60.3. The van der Waals surface area contributed by atoms with Crippen LogP contribution in [0.1, 0.15) is 42.2 Å². The Hall–Kier alpha value is -6.60. The molecule has 3 aromatic rings. The minimum atomic E-state index is -0.668. The molecular weight excluding hydrogens is 785 g/mol. The Kier molecular flexibility index (Phi) is 15.4. The number of rotatable bonds is 18. The number of hydrogen-bond acceptors (Lipinski definition) is 11. The molecule has 1 aliphatic carbocycles. The lowest BCUT2D eigenvalue weighted by atomic mass is 10.1. The van der Waals surface area contributed by atoms with Gasteiger partial charge in [0.2, 0.25) is 12.3 Å². The van der Waals surface area contributed by atoms with Crippen molar-refractivity contribution in [1.82, 2.24) is 20.2 Å². The summed E-state index contributed by atoms with van der Waals surface area (Å²) < 4.78 is 5.89. The van der Waals surface area contributed by atoms with Crippen LogP contribution in [-0.4, -0.2) is 130 Å². The summed E-state index contributed by atoms with van der Waals surface area (Å²) >= 11 is 0. The van der Waals surface area contributed by atoms with Crippen molar-refractivity contribution < 1.29 is 24.2 Å². The van der Waals surface area contributed by atoms with Gasteiger partial charge in [0.1, 0.15) is 18.2 Å². The predicted molar refractivity (Wildman–Crippen MR) is 246 cm³/mol. The molecule has 0 bridgehead atoms. The van der Waals surface area contributed by atoms with Crippen LogP contribution in [0.5, 0.6) is 0 Å². The number of pyridine rings is 1. The van der Waals surface area contributed by atoms with Crippen molar-refractivity contribution in [3.63, 3.8) is 0 Å². The van der Waals surface area contributed by atoms with Gasteiger partial charge in [-0.05, 0) is 86.5 Å². The van der Waals surface area contributed by atoms with Gasteiger partial charge in [0.25, 0.3) is 5.91 Å². The first-order chi connectivity index (χ1) is 30.1. The molecule has 2 saturated heterocycles. The van der Waals surface area contributed by atoms with E-state index in [4.69, 9.17) is 14.7 Å². The summed E-state index contributed by atoms with van der Waals surface area (Å²) in [6, 6.07) is 16.7. The van der Waals surface area contributed by atoms with Gasteiger partial charge in [-0.25, -0.2) is 20.0 Å². The quantitative estimate of drug-likeness (QED) is 0.0471. The van der Waals surface area contributed by atoms with Crippen LogP contribution in [-0.2, 0) is 25.5 Å². The van der Waals surface area contributed by atoms with E-state index in [0.29, 0.717) is 61.0 Å². The molecule has 2 unspecified atom stereocenters. The lowest BCUT2D eigenvalue weighted by Crippen LogP contribution is -2.47. The van der Waals surface area contributed by atoms with Crippen LogP contribution in [0, 0.1) is 11.8 Å². The second-order valence-corrected chi connectivity index (χ2v) is 15.2. The number of aromatic nitrogens is 1. The minimum absolute atomic E-state index is 0.220.